The van der Waals surface area contributed by atoms with Gasteiger partial charge in [0, 0.05) is 0 Å². The van der Waals surface area contributed by atoms with Crippen LogP contribution in [0.4, 0.5) is 0 Å². The molecule has 0 spiro atoms. The highest BCUT2D eigenvalue weighted by Gasteiger charge is 2.32. The molecule has 1 unspecified atom stereocenters. The third-order valence-electron chi connectivity index (χ3n) is 2.88. The fourth-order valence-corrected chi connectivity index (χ4v) is 2.10. The van der Waals surface area contributed by atoms with E-state index < -0.39 is 10.0 Å². The molecule has 2 N–H and O–H groups in total. The van der Waals surface area contributed by atoms with Gasteiger partial charge in [0.15, 0.2) is 0 Å². The van der Waals surface area contributed by atoms with Crippen molar-refractivity contribution >= 4 is 16.0 Å². The monoisotopic (exact) mass is 269 g/mol. The second kappa shape index (κ2) is 4.70. The van der Waals surface area contributed by atoms with E-state index in [1.54, 1.807) is 19.1 Å². The lowest BCUT2D eigenvalue weighted by Crippen LogP contribution is -2.13. The number of ether oxygens (including phenoxy) is 1. The number of primary sulfonamides is 1. The normalized spacial score (nSPS) is 17.2. The number of nitrogens with two attached hydrogens (primary N) is 1. The van der Waals surface area contributed by atoms with Crippen LogP contribution in [0, 0.1) is 5.92 Å². The Morgan fingerprint density at radius 3 is 2.33 bits per heavy atom. The lowest BCUT2D eigenvalue weighted by atomic mass is 10.1. The number of esters is 1. The standard InChI is InChI=1S/C12H15NO4S/c1-8(17-12(14)10-2-3-10)9-4-6-11(7-5-9)18(13,15)16/h4-8,10H,2-3H2,1H3,(H2,13,15,16). The highest BCUT2D eigenvalue weighted by Crippen LogP contribution is 2.32. The molecule has 1 aromatic rings. The summed E-state index contributed by atoms with van der Waals surface area (Å²) in [7, 11) is -3.68. The van der Waals surface area contributed by atoms with E-state index in [1.165, 1.54) is 12.1 Å². The van der Waals surface area contributed by atoms with Crippen LogP contribution in [0.1, 0.15) is 31.4 Å². The van der Waals surface area contributed by atoms with Crippen molar-refractivity contribution in [2.45, 2.75) is 30.8 Å². The Kier molecular flexibility index (Phi) is 3.41. The molecule has 2 rings (SSSR count). The second-order valence-electron chi connectivity index (χ2n) is 4.47. The van der Waals surface area contributed by atoms with E-state index >= 15 is 0 Å². The number of hydrogen-bond donors (Lipinski definition) is 1. The molecule has 1 aromatic carbocycles. The van der Waals surface area contributed by atoms with Crippen LogP contribution in [0.2, 0.25) is 0 Å². The zero-order chi connectivity index (χ0) is 13.3. The summed E-state index contributed by atoms with van der Waals surface area (Å²) in [6.07, 6.45) is 1.42. The molecule has 1 fully saturated rings. The summed E-state index contributed by atoms with van der Waals surface area (Å²) in [6, 6.07) is 6.02. The predicted octanol–water partition coefficient (Wildman–Crippen LogP) is 1.35. The van der Waals surface area contributed by atoms with Crippen molar-refractivity contribution in [3.8, 4) is 0 Å². The van der Waals surface area contributed by atoms with Crippen LogP contribution in [0.5, 0.6) is 0 Å². The maximum absolute atomic E-state index is 11.5. The third-order valence-corrected chi connectivity index (χ3v) is 3.81. The predicted molar refractivity (Wildman–Crippen MR) is 65.0 cm³/mol. The highest BCUT2D eigenvalue weighted by molar-refractivity contribution is 7.89. The van der Waals surface area contributed by atoms with Gasteiger partial charge in [-0.15, -0.1) is 0 Å². The Hall–Kier alpha value is -1.40. The van der Waals surface area contributed by atoms with Gasteiger partial charge < -0.3 is 4.74 Å². The first kappa shape index (κ1) is 13.0. The van der Waals surface area contributed by atoms with Crippen LogP contribution in [-0.2, 0) is 19.6 Å². The molecule has 0 amide bonds. The first-order valence-electron chi connectivity index (χ1n) is 5.71. The number of carbonyl (C=O) groups is 1. The van der Waals surface area contributed by atoms with Crippen molar-refractivity contribution in [2.75, 3.05) is 0 Å². The number of benzene rings is 1. The lowest BCUT2D eigenvalue weighted by Gasteiger charge is -2.13. The van der Waals surface area contributed by atoms with Crippen LogP contribution in [0.25, 0.3) is 0 Å². The Morgan fingerprint density at radius 2 is 1.89 bits per heavy atom. The van der Waals surface area contributed by atoms with E-state index in [-0.39, 0.29) is 22.9 Å². The maximum atomic E-state index is 11.5. The molecule has 0 heterocycles. The minimum Gasteiger partial charge on any atom is -0.458 e. The zero-order valence-electron chi connectivity index (χ0n) is 10.00. The van der Waals surface area contributed by atoms with Crippen molar-refractivity contribution in [3.63, 3.8) is 0 Å². The van der Waals surface area contributed by atoms with E-state index in [0.717, 1.165) is 18.4 Å². The SMILES string of the molecule is CC(OC(=O)C1CC1)c1ccc(S(N)(=O)=O)cc1. The number of rotatable bonds is 4. The van der Waals surface area contributed by atoms with Crippen LogP contribution >= 0.6 is 0 Å². The fraction of sp³-hybridized carbons (Fsp3) is 0.417. The first-order valence-corrected chi connectivity index (χ1v) is 7.26. The Balaban J connectivity index is 2.06. The van der Waals surface area contributed by atoms with Gasteiger partial charge in [0.1, 0.15) is 6.10 Å². The highest BCUT2D eigenvalue weighted by atomic mass is 32.2. The van der Waals surface area contributed by atoms with Gasteiger partial charge in [0.2, 0.25) is 10.0 Å². The van der Waals surface area contributed by atoms with E-state index in [9.17, 15) is 13.2 Å². The van der Waals surface area contributed by atoms with E-state index in [1.807, 2.05) is 0 Å². The van der Waals surface area contributed by atoms with Gasteiger partial charge in [-0.25, -0.2) is 13.6 Å². The molecule has 1 atom stereocenters. The van der Waals surface area contributed by atoms with Crippen molar-refractivity contribution < 1.29 is 17.9 Å². The molecular formula is C12H15NO4S. The number of sulfonamides is 1. The Labute approximate surface area is 106 Å². The Bertz CT molecular complexity index is 546. The van der Waals surface area contributed by atoms with Crippen molar-refractivity contribution in [3.05, 3.63) is 29.8 Å². The van der Waals surface area contributed by atoms with Gasteiger partial charge >= 0.3 is 5.97 Å². The molecule has 0 bridgehead atoms. The molecular weight excluding hydrogens is 254 g/mol. The molecule has 1 saturated carbocycles. The molecule has 1 aliphatic carbocycles. The van der Waals surface area contributed by atoms with Crippen LogP contribution in [0.3, 0.4) is 0 Å². The largest absolute Gasteiger partial charge is 0.458 e. The average Bonchev–Trinajstić information content (AvgIpc) is 3.11. The molecule has 5 nitrogen and oxygen atoms in total. The van der Waals surface area contributed by atoms with Crippen molar-refractivity contribution in [2.24, 2.45) is 11.1 Å². The smallest absolute Gasteiger partial charge is 0.309 e. The van der Waals surface area contributed by atoms with Crippen molar-refractivity contribution in [1.29, 1.82) is 0 Å². The van der Waals surface area contributed by atoms with Crippen LogP contribution in [0.15, 0.2) is 29.2 Å². The van der Waals surface area contributed by atoms with Gasteiger partial charge in [-0.05, 0) is 37.5 Å². The van der Waals surface area contributed by atoms with Gasteiger partial charge in [0.05, 0.1) is 10.8 Å². The third kappa shape index (κ3) is 3.08. The zero-order valence-corrected chi connectivity index (χ0v) is 10.8. The molecule has 0 aliphatic heterocycles. The minimum absolute atomic E-state index is 0.0481. The summed E-state index contributed by atoms with van der Waals surface area (Å²) < 4.78 is 27.4. The summed E-state index contributed by atoms with van der Waals surface area (Å²) in [4.78, 5) is 11.5. The lowest BCUT2D eigenvalue weighted by molar-refractivity contribution is -0.150. The van der Waals surface area contributed by atoms with Crippen LogP contribution < -0.4 is 5.14 Å². The molecule has 0 saturated heterocycles. The van der Waals surface area contributed by atoms with E-state index in [4.69, 9.17) is 9.88 Å². The molecule has 18 heavy (non-hydrogen) atoms. The van der Waals surface area contributed by atoms with Gasteiger partial charge in [-0.1, -0.05) is 12.1 Å². The summed E-state index contributed by atoms with van der Waals surface area (Å²) in [5.41, 5.74) is 0.747. The molecule has 0 aromatic heterocycles. The summed E-state index contributed by atoms with van der Waals surface area (Å²) >= 11 is 0. The number of carbonyl (C=O) groups excluding carboxylic acids is 1. The minimum atomic E-state index is -3.68. The van der Waals surface area contributed by atoms with E-state index in [0.29, 0.717) is 0 Å². The van der Waals surface area contributed by atoms with Crippen LogP contribution in [-0.4, -0.2) is 14.4 Å². The van der Waals surface area contributed by atoms with Crippen molar-refractivity contribution in [1.82, 2.24) is 0 Å². The number of hydrogen-bond acceptors (Lipinski definition) is 4. The molecule has 0 radical (unpaired) electrons. The summed E-state index contributed by atoms with van der Waals surface area (Å²) in [5, 5.41) is 5.00. The summed E-state index contributed by atoms with van der Waals surface area (Å²) in [6.45, 7) is 1.76. The van der Waals surface area contributed by atoms with Gasteiger partial charge in [-0.3, -0.25) is 4.79 Å². The Morgan fingerprint density at radius 1 is 1.33 bits per heavy atom. The quantitative estimate of drug-likeness (QED) is 0.836. The summed E-state index contributed by atoms with van der Waals surface area (Å²) in [5.74, 6) is -0.130. The maximum Gasteiger partial charge on any atom is 0.309 e. The average molecular weight is 269 g/mol. The molecule has 1 aliphatic rings. The first-order chi connectivity index (χ1) is 8.38. The van der Waals surface area contributed by atoms with E-state index in [2.05, 4.69) is 0 Å². The molecule has 6 heteroatoms. The fourth-order valence-electron chi connectivity index (χ4n) is 1.59. The van der Waals surface area contributed by atoms with Gasteiger partial charge in [0.25, 0.3) is 0 Å². The molecule has 98 valence electrons. The topological polar surface area (TPSA) is 86.5 Å². The van der Waals surface area contributed by atoms with Gasteiger partial charge in [-0.2, -0.15) is 0 Å². The second-order valence-corrected chi connectivity index (χ2v) is 6.03.